The number of aromatic nitrogens is 1. The molecule has 4 aromatic rings. The van der Waals surface area contributed by atoms with Gasteiger partial charge in [-0.25, -0.2) is 4.99 Å². The molecule has 0 aliphatic carbocycles. The molecule has 1 amide bonds. The van der Waals surface area contributed by atoms with Crippen LogP contribution in [-0.2, 0) is 4.79 Å². The van der Waals surface area contributed by atoms with Crippen LogP contribution in [0.4, 0.5) is 5.69 Å². The van der Waals surface area contributed by atoms with Gasteiger partial charge in [-0.15, -0.1) is 0 Å². The minimum atomic E-state index is -0.673. The number of carbonyl (C=O) groups is 1. The Morgan fingerprint density at radius 1 is 1.17 bits per heavy atom. The molecule has 0 saturated carbocycles. The van der Waals surface area contributed by atoms with Crippen molar-refractivity contribution in [1.82, 2.24) is 4.57 Å². The third-order valence-electron chi connectivity index (χ3n) is 5.67. The van der Waals surface area contributed by atoms with Crippen LogP contribution in [0.5, 0.6) is 5.75 Å². The molecule has 3 heterocycles. The number of fused-ring (bicyclic) bond motifs is 1. The number of benzene rings is 2. The van der Waals surface area contributed by atoms with Crippen molar-refractivity contribution in [2.24, 2.45) is 4.99 Å². The molecule has 0 fully saturated rings. The molecule has 5 rings (SSSR count). The maximum Gasteiger partial charge on any atom is 0.271 e. The number of ether oxygens (including phenoxy) is 1. The molecule has 0 radical (unpaired) electrons. The monoisotopic (exact) mass is 627 g/mol. The van der Waals surface area contributed by atoms with Crippen LogP contribution >= 0.6 is 43.2 Å². The summed E-state index contributed by atoms with van der Waals surface area (Å²) >= 11 is 7.96. The van der Waals surface area contributed by atoms with Gasteiger partial charge < -0.3 is 14.5 Å². The van der Waals surface area contributed by atoms with Gasteiger partial charge in [0.25, 0.3) is 11.5 Å². The van der Waals surface area contributed by atoms with Crippen molar-refractivity contribution in [3.63, 3.8) is 0 Å². The first-order chi connectivity index (χ1) is 17.4. The number of para-hydroxylation sites is 1. The summed E-state index contributed by atoms with van der Waals surface area (Å²) in [6.45, 7) is 1.79. The third-order valence-corrected chi connectivity index (χ3v) is 8.36. The van der Waals surface area contributed by atoms with E-state index in [1.165, 1.54) is 11.3 Å². The highest BCUT2D eigenvalue weighted by atomic mass is 79.9. The molecule has 0 saturated heterocycles. The summed E-state index contributed by atoms with van der Waals surface area (Å²) in [5.41, 5.74) is 2.09. The Hall–Kier alpha value is -3.21. The lowest BCUT2D eigenvalue weighted by Gasteiger charge is -2.25. The molecule has 0 bridgehead atoms. The van der Waals surface area contributed by atoms with E-state index in [1.807, 2.05) is 54.6 Å². The molecular weight excluding hydrogens is 610 g/mol. The number of thiazole rings is 1. The zero-order valence-electron chi connectivity index (χ0n) is 19.1. The van der Waals surface area contributed by atoms with Crippen molar-refractivity contribution in [2.45, 2.75) is 13.0 Å². The van der Waals surface area contributed by atoms with E-state index in [0.29, 0.717) is 42.5 Å². The van der Waals surface area contributed by atoms with Crippen molar-refractivity contribution in [2.75, 3.05) is 12.4 Å². The summed E-state index contributed by atoms with van der Waals surface area (Å²) in [6, 6.07) is 17.6. The summed E-state index contributed by atoms with van der Waals surface area (Å²) in [6.07, 6.45) is 1.67. The number of hydrogen-bond donors (Lipinski definition) is 1. The average molecular weight is 629 g/mol. The summed E-state index contributed by atoms with van der Waals surface area (Å²) < 4.78 is 14.2. The molecule has 1 N–H and O–H groups in total. The highest BCUT2D eigenvalue weighted by Gasteiger charge is 2.32. The number of nitrogens with zero attached hydrogens (tertiary/aromatic N) is 2. The number of nitrogens with one attached hydrogen (secondary N) is 1. The van der Waals surface area contributed by atoms with Gasteiger partial charge in [-0.3, -0.25) is 14.2 Å². The van der Waals surface area contributed by atoms with E-state index in [2.05, 4.69) is 42.2 Å². The van der Waals surface area contributed by atoms with Gasteiger partial charge in [-0.1, -0.05) is 41.7 Å². The van der Waals surface area contributed by atoms with Gasteiger partial charge in [-0.2, -0.15) is 0 Å². The summed E-state index contributed by atoms with van der Waals surface area (Å²) in [5, 5.41) is 2.94. The number of rotatable bonds is 5. The lowest BCUT2D eigenvalue weighted by molar-refractivity contribution is -0.113. The van der Waals surface area contributed by atoms with Gasteiger partial charge >= 0.3 is 0 Å². The minimum Gasteiger partial charge on any atom is -0.497 e. The van der Waals surface area contributed by atoms with Crippen molar-refractivity contribution in [1.29, 1.82) is 0 Å². The Kier molecular flexibility index (Phi) is 6.83. The molecular formula is C26H19Br2N3O4S. The number of hydrogen-bond acceptors (Lipinski definition) is 6. The molecule has 2 aromatic heterocycles. The number of furan rings is 1. The second kappa shape index (κ2) is 10.0. The predicted molar refractivity (Wildman–Crippen MR) is 146 cm³/mol. The first kappa shape index (κ1) is 24.5. The topological polar surface area (TPSA) is 85.8 Å². The van der Waals surface area contributed by atoms with Gasteiger partial charge in [-0.05, 0) is 74.7 Å². The van der Waals surface area contributed by atoms with Crippen LogP contribution in [0.1, 0.15) is 24.3 Å². The number of allylic oxidation sites excluding steroid dienone is 1. The molecule has 0 spiro atoms. The first-order valence-corrected chi connectivity index (χ1v) is 13.2. The molecule has 10 heteroatoms. The number of amides is 1. The van der Waals surface area contributed by atoms with E-state index >= 15 is 0 Å². The van der Waals surface area contributed by atoms with E-state index < -0.39 is 6.04 Å². The molecule has 36 heavy (non-hydrogen) atoms. The molecule has 1 aliphatic rings. The maximum absolute atomic E-state index is 13.7. The number of methoxy groups -OCH3 is 1. The van der Waals surface area contributed by atoms with Crippen molar-refractivity contribution in [3.8, 4) is 5.75 Å². The van der Waals surface area contributed by atoms with Gasteiger partial charge in [0.1, 0.15) is 11.5 Å². The standard InChI is InChI=1S/C26H19Br2N3O4S/c1-14-21(24(32)30-16-6-4-3-5-7-16)22(15-8-10-17(34-2)11-9-15)31-25(33)20(36-26(31)29-14)13-18-12-19(27)23(28)35-18/h3-13,22H,1-2H3,(H,30,32)/b20-13+/t22-/m1/s1. The van der Waals surface area contributed by atoms with E-state index in [-0.39, 0.29) is 11.5 Å². The highest BCUT2D eigenvalue weighted by Crippen LogP contribution is 2.32. The zero-order chi connectivity index (χ0) is 25.4. The van der Waals surface area contributed by atoms with Gasteiger partial charge in [0.05, 0.1) is 33.4 Å². The molecule has 0 unspecified atom stereocenters. The lowest BCUT2D eigenvalue weighted by atomic mass is 9.95. The average Bonchev–Trinajstić information content (AvgIpc) is 3.35. The van der Waals surface area contributed by atoms with Gasteiger partial charge in [0, 0.05) is 11.8 Å². The minimum absolute atomic E-state index is 0.263. The van der Waals surface area contributed by atoms with Crippen LogP contribution in [0.2, 0.25) is 0 Å². The molecule has 2 aromatic carbocycles. The summed E-state index contributed by atoms with van der Waals surface area (Å²) in [7, 11) is 1.59. The van der Waals surface area contributed by atoms with Gasteiger partial charge in [0.15, 0.2) is 9.47 Å². The Morgan fingerprint density at radius 3 is 2.53 bits per heavy atom. The van der Waals surface area contributed by atoms with Crippen LogP contribution in [0.25, 0.3) is 6.08 Å². The second-order valence-corrected chi connectivity index (χ2v) is 10.5. The third kappa shape index (κ3) is 4.63. The number of carbonyl (C=O) groups excluding carboxylic acids is 1. The van der Waals surface area contributed by atoms with Crippen molar-refractivity contribution in [3.05, 3.63) is 112 Å². The fraction of sp³-hybridized carbons (Fsp3) is 0.115. The van der Waals surface area contributed by atoms with Crippen LogP contribution < -0.4 is 24.9 Å². The molecule has 7 nitrogen and oxygen atoms in total. The molecule has 182 valence electrons. The Morgan fingerprint density at radius 2 is 1.89 bits per heavy atom. The van der Waals surface area contributed by atoms with E-state index in [1.54, 1.807) is 30.7 Å². The lowest BCUT2D eigenvalue weighted by Crippen LogP contribution is -2.40. The molecule has 1 atom stereocenters. The largest absolute Gasteiger partial charge is 0.497 e. The Balaban J connectivity index is 1.67. The van der Waals surface area contributed by atoms with E-state index in [0.717, 1.165) is 10.0 Å². The normalized spacial score (nSPS) is 15.4. The zero-order valence-corrected chi connectivity index (χ0v) is 23.1. The van der Waals surface area contributed by atoms with Crippen LogP contribution in [0.15, 0.2) is 95.3 Å². The number of halogens is 2. The fourth-order valence-electron chi connectivity index (χ4n) is 4.00. The van der Waals surface area contributed by atoms with Gasteiger partial charge in [0.2, 0.25) is 0 Å². The number of anilines is 1. The first-order valence-electron chi connectivity index (χ1n) is 10.8. The van der Waals surface area contributed by atoms with Crippen LogP contribution in [-0.4, -0.2) is 17.6 Å². The van der Waals surface area contributed by atoms with E-state index in [4.69, 9.17) is 9.15 Å². The second-order valence-electron chi connectivity index (χ2n) is 7.95. The SMILES string of the molecule is COc1ccc([C@@H]2C(C(=O)Nc3ccccc3)=C(C)N=c3s/c(=C/c4cc(Br)c(Br)o4)c(=O)n32)cc1. The van der Waals surface area contributed by atoms with Crippen LogP contribution in [0.3, 0.4) is 0 Å². The van der Waals surface area contributed by atoms with Crippen LogP contribution in [0, 0.1) is 0 Å². The maximum atomic E-state index is 13.7. The Bertz CT molecular complexity index is 1650. The van der Waals surface area contributed by atoms with Crippen molar-refractivity contribution >= 4 is 60.9 Å². The van der Waals surface area contributed by atoms with E-state index in [9.17, 15) is 9.59 Å². The molecule has 1 aliphatic heterocycles. The summed E-state index contributed by atoms with van der Waals surface area (Å²) in [5.74, 6) is 0.866. The summed E-state index contributed by atoms with van der Waals surface area (Å²) in [4.78, 5) is 32.4. The quantitative estimate of drug-likeness (QED) is 0.337. The highest BCUT2D eigenvalue weighted by molar-refractivity contribution is 9.13. The van der Waals surface area contributed by atoms with Crippen molar-refractivity contribution < 1.29 is 13.9 Å². The fourth-order valence-corrected chi connectivity index (χ4v) is 5.63. The smallest absolute Gasteiger partial charge is 0.271 e. The predicted octanol–water partition coefficient (Wildman–Crippen LogP) is 5.00. The Labute approximate surface area is 226 Å².